The highest BCUT2D eigenvalue weighted by atomic mass is 16.5. The molecule has 3 heteroatoms. The molecule has 2 fully saturated rings. The lowest BCUT2D eigenvalue weighted by Crippen LogP contribution is -2.44. The van der Waals surface area contributed by atoms with Gasteiger partial charge in [0.05, 0.1) is 17.3 Å². The summed E-state index contributed by atoms with van der Waals surface area (Å²) < 4.78 is 6.08. The van der Waals surface area contributed by atoms with E-state index in [1.807, 2.05) is 13.8 Å². The van der Waals surface area contributed by atoms with Crippen LogP contribution in [0.15, 0.2) is 0 Å². The molecule has 2 atom stereocenters. The molecule has 0 amide bonds. The molecule has 0 spiro atoms. The van der Waals surface area contributed by atoms with Gasteiger partial charge in [0.25, 0.3) is 0 Å². The van der Waals surface area contributed by atoms with Crippen molar-refractivity contribution in [1.29, 1.82) is 0 Å². The monoisotopic (exact) mass is 269 g/mol. The van der Waals surface area contributed by atoms with Crippen molar-refractivity contribution in [3.63, 3.8) is 0 Å². The highest BCUT2D eigenvalue weighted by Crippen LogP contribution is 2.43. The van der Waals surface area contributed by atoms with Crippen LogP contribution in [0.25, 0.3) is 0 Å². The van der Waals surface area contributed by atoms with Gasteiger partial charge in [-0.1, -0.05) is 6.92 Å². The molecular weight excluding hydrogens is 238 g/mol. The zero-order valence-corrected chi connectivity index (χ0v) is 13.3. The maximum Gasteiger partial charge on any atom is 0.0896 e. The molecule has 1 aliphatic heterocycles. The van der Waals surface area contributed by atoms with Gasteiger partial charge in [-0.2, -0.15) is 0 Å². The summed E-state index contributed by atoms with van der Waals surface area (Å²) in [5.41, 5.74) is -0.663. The van der Waals surface area contributed by atoms with E-state index in [9.17, 15) is 5.11 Å². The first kappa shape index (κ1) is 15.3. The van der Waals surface area contributed by atoms with E-state index in [0.717, 1.165) is 19.0 Å². The smallest absolute Gasteiger partial charge is 0.0896 e. The third-order valence-corrected chi connectivity index (χ3v) is 4.72. The Morgan fingerprint density at radius 1 is 1.11 bits per heavy atom. The van der Waals surface area contributed by atoms with Gasteiger partial charge in [0.2, 0.25) is 0 Å². The Labute approximate surface area is 118 Å². The zero-order chi connectivity index (χ0) is 14.3. The highest BCUT2D eigenvalue weighted by Gasteiger charge is 2.53. The second kappa shape index (κ2) is 5.34. The van der Waals surface area contributed by atoms with Crippen molar-refractivity contribution in [3.05, 3.63) is 0 Å². The van der Waals surface area contributed by atoms with Gasteiger partial charge in [-0.15, -0.1) is 0 Å². The van der Waals surface area contributed by atoms with Crippen LogP contribution in [-0.4, -0.2) is 46.9 Å². The van der Waals surface area contributed by atoms with Gasteiger partial charge >= 0.3 is 0 Å². The Morgan fingerprint density at radius 3 is 2.16 bits per heavy atom. The van der Waals surface area contributed by atoms with Crippen molar-refractivity contribution >= 4 is 0 Å². The van der Waals surface area contributed by atoms with E-state index >= 15 is 0 Å². The molecule has 1 saturated carbocycles. The maximum atomic E-state index is 10.6. The van der Waals surface area contributed by atoms with Gasteiger partial charge in [-0.05, 0) is 59.4 Å². The molecule has 2 rings (SSSR count). The van der Waals surface area contributed by atoms with Crippen LogP contribution in [0.2, 0.25) is 0 Å². The van der Waals surface area contributed by atoms with Crippen LogP contribution in [0.3, 0.4) is 0 Å². The van der Waals surface area contributed by atoms with Crippen LogP contribution in [-0.2, 0) is 4.74 Å². The van der Waals surface area contributed by atoms with Gasteiger partial charge in [-0.25, -0.2) is 0 Å². The number of aliphatic hydroxyl groups is 1. The fraction of sp³-hybridized carbons (Fsp3) is 1.00. The van der Waals surface area contributed by atoms with Crippen molar-refractivity contribution in [3.8, 4) is 0 Å². The number of rotatable bonds is 6. The minimum atomic E-state index is -0.425. The molecule has 1 aliphatic carbocycles. The van der Waals surface area contributed by atoms with E-state index in [0.29, 0.717) is 0 Å². The number of ether oxygens (including phenoxy) is 1. The van der Waals surface area contributed by atoms with Crippen LogP contribution in [0.4, 0.5) is 0 Å². The van der Waals surface area contributed by atoms with Crippen LogP contribution in [0.5, 0.6) is 0 Å². The van der Waals surface area contributed by atoms with Crippen molar-refractivity contribution in [2.24, 2.45) is 11.8 Å². The average molecular weight is 269 g/mol. The molecule has 2 unspecified atom stereocenters. The Bertz CT molecular complexity index is 310. The summed E-state index contributed by atoms with van der Waals surface area (Å²) in [6.07, 6.45) is 3.58. The van der Waals surface area contributed by atoms with E-state index in [4.69, 9.17) is 4.74 Å². The van der Waals surface area contributed by atoms with E-state index in [-0.39, 0.29) is 17.6 Å². The van der Waals surface area contributed by atoms with E-state index < -0.39 is 5.60 Å². The molecule has 3 nitrogen and oxygen atoms in total. The Balaban J connectivity index is 2.01. The lowest BCUT2D eigenvalue weighted by Gasteiger charge is -2.32. The molecule has 2 aliphatic rings. The number of hydrogen-bond acceptors (Lipinski definition) is 3. The third-order valence-electron chi connectivity index (χ3n) is 4.72. The first-order valence-electron chi connectivity index (χ1n) is 7.87. The van der Waals surface area contributed by atoms with Crippen molar-refractivity contribution < 1.29 is 9.84 Å². The topological polar surface area (TPSA) is 32.7 Å². The molecule has 0 radical (unpaired) electrons. The molecule has 19 heavy (non-hydrogen) atoms. The SMILES string of the molecule is CCCN(CC1CC1)CC1C(O)C(C)(C)OC1(C)C. The minimum absolute atomic E-state index is 0.202. The van der Waals surface area contributed by atoms with Gasteiger partial charge in [0, 0.05) is 19.0 Å². The molecule has 0 aromatic carbocycles. The molecule has 112 valence electrons. The summed E-state index contributed by atoms with van der Waals surface area (Å²) in [5, 5.41) is 10.6. The lowest BCUT2D eigenvalue weighted by molar-refractivity contribution is -0.0913. The average Bonchev–Trinajstić information content (AvgIpc) is 3.04. The predicted molar refractivity (Wildman–Crippen MR) is 78.2 cm³/mol. The van der Waals surface area contributed by atoms with E-state index in [2.05, 4.69) is 25.7 Å². The molecule has 1 heterocycles. The summed E-state index contributed by atoms with van der Waals surface area (Å²) in [5.74, 6) is 1.11. The van der Waals surface area contributed by atoms with Gasteiger partial charge in [-0.3, -0.25) is 0 Å². The van der Waals surface area contributed by atoms with Crippen LogP contribution in [0, 0.1) is 11.8 Å². The first-order chi connectivity index (χ1) is 8.76. The van der Waals surface area contributed by atoms with Crippen molar-refractivity contribution in [2.45, 2.75) is 71.2 Å². The summed E-state index contributed by atoms with van der Waals surface area (Å²) in [6.45, 7) is 13.8. The second-order valence-corrected chi connectivity index (χ2v) is 7.56. The predicted octanol–water partition coefficient (Wildman–Crippen LogP) is 2.67. The van der Waals surface area contributed by atoms with Crippen LogP contribution >= 0.6 is 0 Å². The third kappa shape index (κ3) is 3.50. The molecular formula is C16H31NO2. The van der Waals surface area contributed by atoms with Gasteiger partial charge in [0.1, 0.15) is 0 Å². The largest absolute Gasteiger partial charge is 0.390 e. The number of hydrogen-bond donors (Lipinski definition) is 1. The van der Waals surface area contributed by atoms with E-state index in [1.165, 1.54) is 25.8 Å². The molecule has 1 N–H and O–H groups in total. The molecule has 0 aromatic heterocycles. The Kier molecular flexibility index (Phi) is 4.29. The number of nitrogens with zero attached hydrogens (tertiary/aromatic N) is 1. The standard InChI is InChI=1S/C16H31NO2/c1-6-9-17(10-12-7-8-12)11-13-14(18)16(4,5)19-15(13,2)3/h12-14,18H,6-11H2,1-5H3. The molecule has 0 bridgehead atoms. The lowest BCUT2D eigenvalue weighted by atomic mass is 9.84. The zero-order valence-electron chi connectivity index (χ0n) is 13.3. The first-order valence-corrected chi connectivity index (χ1v) is 7.87. The van der Waals surface area contributed by atoms with Crippen LogP contribution in [0.1, 0.15) is 53.9 Å². The second-order valence-electron chi connectivity index (χ2n) is 7.56. The van der Waals surface area contributed by atoms with Crippen molar-refractivity contribution in [1.82, 2.24) is 4.90 Å². The fourth-order valence-corrected chi connectivity index (χ4v) is 3.52. The Morgan fingerprint density at radius 2 is 1.74 bits per heavy atom. The van der Waals surface area contributed by atoms with Gasteiger partial charge in [0.15, 0.2) is 0 Å². The summed E-state index contributed by atoms with van der Waals surface area (Å²) in [6, 6.07) is 0. The van der Waals surface area contributed by atoms with Gasteiger partial charge < -0.3 is 14.7 Å². The molecule has 0 aromatic rings. The van der Waals surface area contributed by atoms with E-state index in [1.54, 1.807) is 0 Å². The normalized spacial score (nSPS) is 33.0. The summed E-state index contributed by atoms with van der Waals surface area (Å²) >= 11 is 0. The maximum absolute atomic E-state index is 10.6. The Hall–Kier alpha value is -0.120. The summed E-state index contributed by atoms with van der Waals surface area (Å²) in [7, 11) is 0. The fourth-order valence-electron chi connectivity index (χ4n) is 3.52. The highest BCUT2D eigenvalue weighted by molar-refractivity contribution is 5.02. The quantitative estimate of drug-likeness (QED) is 0.804. The van der Waals surface area contributed by atoms with Crippen molar-refractivity contribution in [2.75, 3.05) is 19.6 Å². The van der Waals surface area contributed by atoms with Crippen LogP contribution < -0.4 is 0 Å². The molecule has 1 saturated heterocycles. The number of aliphatic hydroxyl groups excluding tert-OH is 1. The minimum Gasteiger partial charge on any atom is -0.390 e. The summed E-state index contributed by atoms with van der Waals surface area (Å²) in [4.78, 5) is 2.54.